The molecule has 0 N–H and O–H groups in total. The molecular weight excluding hydrogens is 334 g/mol. The van der Waals surface area contributed by atoms with E-state index in [1.807, 2.05) is 0 Å². The van der Waals surface area contributed by atoms with Crippen molar-refractivity contribution in [3.05, 3.63) is 63.4 Å². The van der Waals surface area contributed by atoms with Crippen LogP contribution >= 0.6 is 34.8 Å². The smallest absolute Gasteiger partial charge is 0.142 e. The molecule has 0 aliphatic rings. The van der Waals surface area contributed by atoms with E-state index in [4.69, 9.17) is 39.5 Å². The Morgan fingerprint density at radius 1 is 1.10 bits per heavy atom. The second-order valence-electron chi connectivity index (χ2n) is 4.10. The van der Waals surface area contributed by atoms with Gasteiger partial charge in [-0.15, -0.1) is 11.6 Å². The zero-order valence-corrected chi connectivity index (χ0v) is 13.1. The van der Waals surface area contributed by atoms with Crippen LogP contribution in [0.3, 0.4) is 0 Å². The number of rotatable bonds is 3. The van der Waals surface area contributed by atoms with Gasteiger partial charge in [0, 0.05) is 21.7 Å². The molecule has 2 rings (SSSR count). The molecule has 5 heteroatoms. The largest absolute Gasteiger partial charge is 0.489 e. The molecule has 2 aromatic rings. The van der Waals surface area contributed by atoms with Gasteiger partial charge in [0.1, 0.15) is 18.2 Å². The molecule has 108 valence electrons. The molecule has 0 unspecified atom stereocenters. The van der Waals surface area contributed by atoms with Crippen LogP contribution < -0.4 is 4.74 Å². The highest BCUT2D eigenvalue weighted by molar-refractivity contribution is 6.35. The minimum absolute atomic E-state index is 0.159. The Bertz CT molecular complexity index is 704. The highest BCUT2D eigenvalue weighted by Crippen LogP contribution is 2.23. The third-order valence-electron chi connectivity index (χ3n) is 2.64. The molecule has 1 nitrogen and oxygen atoms in total. The van der Waals surface area contributed by atoms with Crippen LogP contribution in [0.5, 0.6) is 5.75 Å². The van der Waals surface area contributed by atoms with Crippen LogP contribution in [-0.2, 0) is 6.61 Å². The average molecular weight is 344 g/mol. The van der Waals surface area contributed by atoms with Gasteiger partial charge < -0.3 is 4.74 Å². The fraction of sp³-hybridized carbons (Fsp3) is 0.125. The summed E-state index contributed by atoms with van der Waals surface area (Å²) in [5, 5.41) is 1.06. The highest BCUT2D eigenvalue weighted by Gasteiger charge is 2.05. The molecule has 0 saturated heterocycles. The Balaban J connectivity index is 2.08. The van der Waals surface area contributed by atoms with E-state index in [1.54, 1.807) is 30.3 Å². The summed E-state index contributed by atoms with van der Waals surface area (Å²) in [6.07, 6.45) is 0. The van der Waals surface area contributed by atoms with Crippen LogP contribution in [0.25, 0.3) is 0 Å². The Morgan fingerprint density at radius 3 is 2.57 bits per heavy atom. The molecule has 0 radical (unpaired) electrons. The molecule has 0 bridgehead atoms. The minimum Gasteiger partial charge on any atom is -0.489 e. The van der Waals surface area contributed by atoms with Crippen molar-refractivity contribution in [1.82, 2.24) is 0 Å². The Morgan fingerprint density at radius 2 is 1.90 bits per heavy atom. The molecule has 0 heterocycles. The standard InChI is InChI=1S/C16H10Cl3FO/c17-7-1-2-11-4-6-14(9-16(11)20)21-10-12-3-5-13(18)8-15(12)19/h3-6,8-9H,7,10H2. The van der Waals surface area contributed by atoms with Crippen molar-refractivity contribution < 1.29 is 9.13 Å². The minimum atomic E-state index is -0.452. The summed E-state index contributed by atoms with van der Waals surface area (Å²) in [7, 11) is 0. The third kappa shape index (κ3) is 4.54. The number of hydrogen-bond acceptors (Lipinski definition) is 1. The van der Waals surface area contributed by atoms with Gasteiger partial charge in [0.25, 0.3) is 0 Å². The Labute approximate surface area is 137 Å². The van der Waals surface area contributed by atoms with Crippen molar-refractivity contribution in [2.75, 3.05) is 5.88 Å². The van der Waals surface area contributed by atoms with Gasteiger partial charge >= 0.3 is 0 Å². The van der Waals surface area contributed by atoms with Crippen molar-refractivity contribution in [3.63, 3.8) is 0 Å². The number of ether oxygens (including phenoxy) is 1. The predicted octanol–water partition coefficient (Wildman–Crippen LogP) is 5.30. The molecule has 0 aliphatic heterocycles. The first-order valence-electron chi connectivity index (χ1n) is 6.01. The van der Waals surface area contributed by atoms with Gasteiger partial charge in [-0.25, -0.2) is 4.39 Å². The maximum Gasteiger partial charge on any atom is 0.142 e. The summed E-state index contributed by atoms with van der Waals surface area (Å²) in [6, 6.07) is 9.59. The number of hydrogen-bond donors (Lipinski definition) is 0. The predicted molar refractivity (Wildman–Crippen MR) is 84.8 cm³/mol. The highest BCUT2D eigenvalue weighted by atomic mass is 35.5. The fourth-order valence-electron chi connectivity index (χ4n) is 1.62. The zero-order chi connectivity index (χ0) is 15.2. The van der Waals surface area contributed by atoms with Crippen molar-refractivity contribution in [1.29, 1.82) is 0 Å². The second kappa shape index (κ2) is 7.56. The van der Waals surface area contributed by atoms with Gasteiger partial charge in [-0.1, -0.05) is 41.1 Å². The average Bonchev–Trinajstić information content (AvgIpc) is 2.45. The summed E-state index contributed by atoms with van der Waals surface area (Å²) in [4.78, 5) is 0. The van der Waals surface area contributed by atoms with Gasteiger partial charge in [0.15, 0.2) is 0 Å². The van der Waals surface area contributed by atoms with Crippen molar-refractivity contribution >= 4 is 34.8 Å². The van der Waals surface area contributed by atoms with Gasteiger partial charge in [-0.05, 0) is 24.3 Å². The van der Waals surface area contributed by atoms with E-state index in [-0.39, 0.29) is 18.1 Å². The summed E-state index contributed by atoms with van der Waals surface area (Å²) < 4.78 is 19.3. The van der Waals surface area contributed by atoms with Gasteiger partial charge in [0.05, 0.1) is 11.4 Å². The molecule has 0 aromatic heterocycles. The van der Waals surface area contributed by atoms with Gasteiger partial charge in [0.2, 0.25) is 0 Å². The molecular formula is C16H10Cl3FO. The SMILES string of the molecule is Fc1cc(OCc2ccc(Cl)cc2Cl)ccc1C#CCCl. The number of alkyl halides is 1. The van der Waals surface area contributed by atoms with Crippen LogP contribution in [0.4, 0.5) is 4.39 Å². The second-order valence-corrected chi connectivity index (χ2v) is 5.21. The molecule has 21 heavy (non-hydrogen) atoms. The zero-order valence-electron chi connectivity index (χ0n) is 10.8. The normalized spacial score (nSPS) is 9.90. The van der Waals surface area contributed by atoms with Crippen LogP contribution in [0.15, 0.2) is 36.4 Å². The van der Waals surface area contributed by atoms with E-state index in [0.29, 0.717) is 15.8 Å². The fourth-order valence-corrected chi connectivity index (χ4v) is 2.15. The first-order chi connectivity index (χ1) is 10.1. The van der Waals surface area contributed by atoms with E-state index in [2.05, 4.69) is 11.8 Å². The van der Waals surface area contributed by atoms with E-state index < -0.39 is 5.82 Å². The molecule has 0 saturated carbocycles. The first kappa shape index (κ1) is 16.0. The van der Waals surface area contributed by atoms with E-state index in [9.17, 15) is 4.39 Å². The lowest BCUT2D eigenvalue weighted by Crippen LogP contribution is -1.97. The molecule has 0 spiro atoms. The maximum atomic E-state index is 13.8. The lowest BCUT2D eigenvalue weighted by molar-refractivity contribution is 0.304. The van der Waals surface area contributed by atoms with Crippen LogP contribution in [0.2, 0.25) is 10.0 Å². The first-order valence-corrected chi connectivity index (χ1v) is 7.30. The summed E-state index contributed by atoms with van der Waals surface area (Å²) in [6.45, 7) is 0.224. The molecule has 0 aliphatic carbocycles. The van der Waals surface area contributed by atoms with E-state index in [0.717, 1.165) is 5.56 Å². The van der Waals surface area contributed by atoms with Crippen molar-refractivity contribution in [3.8, 4) is 17.6 Å². The molecule has 0 amide bonds. The quantitative estimate of drug-likeness (QED) is 0.542. The van der Waals surface area contributed by atoms with Crippen molar-refractivity contribution in [2.45, 2.75) is 6.61 Å². The molecule has 0 fully saturated rings. The Kier molecular flexibility index (Phi) is 5.76. The maximum absolute atomic E-state index is 13.8. The Hall–Kier alpha value is -1.40. The van der Waals surface area contributed by atoms with Crippen molar-refractivity contribution in [2.24, 2.45) is 0 Å². The van der Waals surface area contributed by atoms with E-state index >= 15 is 0 Å². The summed E-state index contributed by atoms with van der Waals surface area (Å²) >= 11 is 17.3. The van der Waals surface area contributed by atoms with E-state index in [1.165, 1.54) is 6.07 Å². The van der Waals surface area contributed by atoms with Crippen LogP contribution in [0.1, 0.15) is 11.1 Å². The van der Waals surface area contributed by atoms with Crippen LogP contribution in [0, 0.1) is 17.7 Å². The molecule has 0 atom stereocenters. The lowest BCUT2D eigenvalue weighted by atomic mass is 10.2. The van der Waals surface area contributed by atoms with Crippen LogP contribution in [-0.4, -0.2) is 5.88 Å². The number of halogens is 4. The summed E-state index contributed by atoms with van der Waals surface area (Å²) in [5.74, 6) is 5.34. The van der Waals surface area contributed by atoms with Gasteiger partial charge in [-0.3, -0.25) is 0 Å². The summed E-state index contributed by atoms with van der Waals surface area (Å²) in [5.41, 5.74) is 1.06. The topological polar surface area (TPSA) is 9.23 Å². The van der Waals surface area contributed by atoms with Gasteiger partial charge in [-0.2, -0.15) is 0 Å². The molecule has 2 aromatic carbocycles. The lowest BCUT2D eigenvalue weighted by Gasteiger charge is -2.08. The number of benzene rings is 2. The monoisotopic (exact) mass is 342 g/mol. The third-order valence-corrected chi connectivity index (χ3v) is 3.36.